The van der Waals surface area contributed by atoms with Crippen molar-refractivity contribution in [3.05, 3.63) is 65.0 Å². The number of hydrogen-bond acceptors (Lipinski definition) is 6. The molecule has 0 saturated carbocycles. The zero-order valence-corrected chi connectivity index (χ0v) is 17.0. The molecule has 2 aliphatic rings. The standard InChI is InChI=1S/C22H22FN5O3/c1-21(13-22(31-20(24)28-21)7-9-30-10-8-22)16-11-14(3-5-17(16)23)27-19(29)18-6-4-15(25-2)12-26-18/h3-6,11-12H,7-10,13H2,1H3,(H2,24,28)(H,27,29). The normalized spacial score (nSPS) is 22.2. The number of benzene rings is 1. The molecule has 1 aromatic carbocycles. The second-order valence-electron chi connectivity index (χ2n) is 7.96. The summed E-state index contributed by atoms with van der Waals surface area (Å²) in [5.74, 6) is -0.907. The first-order valence-corrected chi connectivity index (χ1v) is 9.90. The van der Waals surface area contributed by atoms with Crippen molar-refractivity contribution < 1.29 is 18.7 Å². The number of nitrogens with one attached hydrogen (secondary N) is 1. The summed E-state index contributed by atoms with van der Waals surface area (Å²) in [4.78, 5) is 24.2. The summed E-state index contributed by atoms with van der Waals surface area (Å²) >= 11 is 0. The maximum atomic E-state index is 14.9. The molecule has 4 rings (SSSR count). The zero-order valence-electron chi connectivity index (χ0n) is 17.0. The molecule has 0 bridgehead atoms. The lowest BCUT2D eigenvalue weighted by Gasteiger charge is -2.45. The van der Waals surface area contributed by atoms with Crippen LogP contribution in [0.2, 0.25) is 0 Å². The van der Waals surface area contributed by atoms with Crippen molar-refractivity contribution in [3.8, 4) is 0 Å². The van der Waals surface area contributed by atoms with Crippen molar-refractivity contribution in [2.45, 2.75) is 37.3 Å². The van der Waals surface area contributed by atoms with Gasteiger partial charge in [0.05, 0.1) is 25.3 Å². The fraction of sp³-hybridized carbons (Fsp3) is 0.364. The number of pyridine rings is 1. The van der Waals surface area contributed by atoms with Crippen LogP contribution < -0.4 is 11.1 Å². The highest BCUT2D eigenvalue weighted by molar-refractivity contribution is 6.03. The van der Waals surface area contributed by atoms with Gasteiger partial charge in [-0.3, -0.25) is 9.78 Å². The molecule has 1 atom stereocenters. The monoisotopic (exact) mass is 423 g/mol. The second kappa shape index (κ2) is 7.96. The fourth-order valence-electron chi connectivity index (χ4n) is 4.17. The first-order valence-electron chi connectivity index (χ1n) is 9.90. The summed E-state index contributed by atoms with van der Waals surface area (Å²) in [5.41, 5.74) is 5.68. The number of ether oxygens (including phenoxy) is 2. The number of amides is 1. The lowest BCUT2D eigenvalue weighted by molar-refractivity contribution is -0.0796. The van der Waals surface area contributed by atoms with Crippen LogP contribution in [0.5, 0.6) is 0 Å². The molecule has 31 heavy (non-hydrogen) atoms. The third-order valence-corrected chi connectivity index (χ3v) is 5.66. The summed E-state index contributed by atoms with van der Waals surface area (Å²) in [6.07, 6.45) is 3.05. The Kier molecular flexibility index (Phi) is 5.33. The van der Waals surface area contributed by atoms with Gasteiger partial charge in [0.1, 0.15) is 17.1 Å². The molecule has 3 heterocycles. The van der Waals surface area contributed by atoms with E-state index in [2.05, 4.69) is 20.1 Å². The Labute approximate surface area is 179 Å². The maximum Gasteiger partial charge on any atom is 0.283 e. The van der Waals surface area contributed by atoms with E-state index in [-0.39, 0.29) is 11.7 Å². The first-order chi connectivity index (χ1) is 14.8. The largest absolute Gasteiger partial charge is 0.459 e. The van der Waals surface area contributed by atoms with E-state index < -0.39 is 22.9 Å². The van der Waals surface area contributed by atoms with E-state index >= 15 is 0 Å². The topological polar surface area (TPSA) is 103 Å². The number of amidine groups is 1. The minimum atomic E-state index is -0.958. The van der Waals surface area contributed by atoms with Crippen molar-refractivity contribution in [1.29, 1.82) is 0 Å². The van der Waals surface area contributed by atoms with Gasteiger partial charge in [0.25, 0.3) is 11.9 Å². The molecule has 1 aromatic heterocycles. The summed E-state index contributed by atoms with van der Waals surface area (Å²) in [6.45, 7) is 9.86. The van der Waals surface area contributed by atoms with Gasteiger partial charge >= 0.3 is 0 Å². The molecular weight excluding hydrogens is 401 g/mol. The van der Waals surface area contributed by atoms with Gasteiger partial charge in [0, 0.05) is 36.7 Å². The average molecular weight is 423 g/mol. The predicted molar refractivity (Wildman–Crippen MR) is 112 cm³/mol. The maximum absolute atomic E-state index is 14.9. The third kappa shape index (κ3) is 4.20. The van der Waals surface area contributed by atoms with Crippen LogP contribution in [0, 0.1) is 12.4 Å². The molecule has 1 fully saturated rings. The Morgan fingerprint density at radius 2 is 2.06 bits per heavy atom. The van der Waals surface area contributed by atoms with E-state index in [0.717, 1.165) is 0 Å². The van der Waals surface area contributed by atoms with Crippen LogP contribution in [0.1, 0.15) is 42.2 Å². The van der Waals surface area contributed by atoms with E-state index in [0.29, 0.717) is 49.4 Å². The van der Waals surface area contributed by atoms with Gasteiger partial charge in [0.2, 0.25) is 5.69 Å². The number of carbonyl (C=O) groups is 1. The molecule has 2 aromatic rings. The highest BCUT2D eigenvalue weighted by atomic mass is 19.1. The van der Waals surface area contributed by atoms with Crippen molar-refractivity contribution in [3.63, 3.8) is 0 Å². The lowest BCUT2D eigenvalue weighted by atomic mass is 9.76. The number of halogens is 1. The molecular formula is C22H22FN5O3. The van der Waals surface area contributed by atoms with Crippen molar-refractivity contribution in [1.82, 2.24) is 4.98 Å². The number of nitrogens with two attached hydrogens (primary N) is 1. The highest BCUT2D eigenvalue weighted by Gasteiger charge is 2.47. The van der Waals surface area contributed by atoms with Crippen molar-refractivity contribution >= 4 is 23.3 Å². The van der Waals surface area contributed by atoms with Gasteiger partial charge in [-0.1, -0.05) is 6.07 Å². The van der Waals surface area contributed by atoms with E-state index in [4.69, 9.17) is 21.8 Å². The quantitative estimate of drug-likeness (QED) is 0.736. The highest BCUT2D eigenvalue weighted by Crippen LogP contribution is 2.44. The number of nitrogens with zero attached hydrogens (tertiary/aromatic N) is 3. The van der Waals surface area contributed by atoms with Crippen molar-refractivity contribution in [2.24, 2.45) is 10.7 Å². The van der Waals surface area contributed by atoms with E-state index in [1.165, 1.54) is 30.5 Å². The molecule has 1 saturated heterocycles. The van der Waals surface area contributed by atoms with Crippen LogP contribution in [0.15, 0.2) is 41.5 Å². The molecule has 1 unspecified atom stereocenters. The minimum Gasteiger partial charge on any atom is -0.459 e. The van der Waals surface area contributed by atoms with Gasteiger partial charge < -0.3 is 20.5 Å². The Bertz CT molecular complexity index is 1070. The Morgan fingerprint density at radius 3 is 2.74 bits per heavy atom. The molecule has 1 amide bonds. The molecule has 2 aliphatic heterocycles. The number of anilines is 1. The average Bonchev–Trinajstić information content (AvgIpc) is 2.74. The van der Waals surface area contributed by atoms with Crippen LogP contribution in [0.4, 0.5) is 15.8 Å². The first kappa shape index (κ1) is 20.8. The van der Waals surface area contributed by atoms with Gasteiger partial charge in [-0.25, -0.2) is 14.2 Å². The van der Waals surface area contributed by atoms with Gasteiger partial charge in [0.15, 0.2) is 0 Å². The molecule has 0 aliphatic carbocycles. The van der Waals surface area contributed by atoms with Crippen LogP contribution in [0.3, 0.4) is 0 Å². The predicted octanol–water partition coefficient (Wildman–Crippen LogP) is 3.52. The Morgan fingerprint density at radius 1 is 1.29 bits per heavy atom. The molecule has 1 spiro atoms. The smallest absolute Gasteiger partial charge is 0.283 e. The summed E-state index contributed by atoms with van der Waals surface area (Å²) in [7, 11) is 0. The summed E-state index contributed by atoms with van der Waals surface area (Å²) < 4.78 is 26.2. The molecule has 3 N–H and O–H groups in total. The number of rotatable bonds is 3. The van der Waals surface area contributed by atoms with E-state index in [9.17, 15) is 9.18 Å². The summed E-state index contributed by atoms with van der Waals surface area (Å²) in [6, 6.07) is 7.34. The van der Waals surface area contributed by atoms with Crippen LogP contribution >= 0.6 is 0 Å². The number of hydrogen-bond donors (Lipinski definition) is 2. The fourth-order valence-corrected chi connectivity index (χ4v) is 4.17. The second-order valence-corrected chi connectivity index (χ2v) is 7.96. The number of aliphatic imine (C=N–C) groups is 1. The van der Waals surface area contributed by atoms with Crippen molar-refractivity contribution in [2.75, 3.05) is 18.5 Å². The number of aromatic nitrogens is 1. The van der Waals surface area contributed by atoms with Crippen LogP contribution in [0.25, 0.3) is 4.85 Å². The van der Waals surface area contributed by atoms with Crippen LogP contribution in [-0.2, 0) is 15.0 Å². The summed E-state index contributed by atoms with van der Waals surface area (Å²) in [5, 5.41) is 2.73. The Balaban J connectivity index is 1.61. The third-order valence-electron chi connectivity index (χ3n) is 5.66. The Hall–Kier alpha value is -3.51. The van der Waals surface area contributed by atoms with Gasteiger partial charge in [-0.2, -0.15) is 0 Å². The van der Waals surface area contributed by atoms with Gasteiger partial charge in [-0.15, -0.1) is 0 Å². The van der Waals surface area contributed by atoms with Crippen LogP contribution in [-0.4, -0.2) is 35.7 Å². The molecule has 9 heteroatoms. The lowest BCUT2D eigenvalue weighted by Crippen LogP contribution is -2.51. The zero-order chi connectivity index (χ0) is 22.1. The molecule has 160 valence electrons. The minimum absolute atomic E-state index is 0.0218. The number of carbonyl (C=O) groups excluding carboxylic acids is 1. The van der Waals surface area contributed by atoms with Gasteiger partial charge in [-0.05, 0) is 31.2 Å². The molecule has 0 radical (unpaired) electrons. The molecule has 8 nitrogen and oxygen atoms in total. The SMILES string of the molecule is [C-]#[N+]c1ccc(C(=O)Nc2ccc(F)c(C3(C)CC4(CCOCC4)OC(N)=N3)c2)nc1. The van der Waals surface area contributed by atoms with E-state index in [1.807, 2.05) is 6.92 Å². The van der Waals surface area contributed by atoms with E-state index in [1.54, 1.807) is 6.07 Å².